The van der Waals surface area contributed by atoms with Gasteiger partial charge in [0.15, 0.2) is 6.10 Å². The van der Waals surface area contributed by atoms with Crippen molar-refractivity contribution in [2.24, 2.45) is 0 Å². The Balaban J connectivity index is 2.70. The van der Waals surface area contributed by atoms with Crippen LogP contribution in [0.5, 0.6) is 0 Å². The fraction of sp³-hybridized carbons (Fsp3) is 0.913. The molecule has 1 fully saturated rings. The van der Waals surface area contributed by atoms with Crippen molar-refractivity contribution < 1.29 is 63.1 Å². The first-order valence-corrected chi connectivity index (χ1v) is 14.3. The average molecular weight is 559 g/mol. The van der Waals surface area contributed by atoms with Gasteiger partial charge in [-0.1, -0.05) is 52.4 Å². The van der Waals surface area contributed by atoms with E-state index in [0.29, 0.717) is 12.8 Å². The predicted octanol–water partition coefficient (Wildman–Crippen LogP) is 0.702. The number of phosphoric acid groups is 1. The second kappa shape index (κ2) is 17.4. The Bertz CT molecular complexity index is 705. The minimum Gasteiger partial charge on any atom is -0.462 e. The molecule has 0 heterocycles. The summed E-state index contributed by atoms with van der Waals surface area (Å²) in [4.78, 5) is 34.2. The van der Waals surface area contributed by atoms with Crippen LogP contribution in [0.2, 0.25) is 0 Å². The summed E-state index contributed by atoms with van der Waals surface area (Å²) in [6.07, 6.45) is -5.86. The molecule has 1 aliphatic carbocycles. The van der Waals surface area contributed by atoms with Crippen molar-refractivity contribution in [1.82, 2.24) is 0 Å². The van der Waals surface area contributed by atoms with Crippen LogP contribution in [0.4, 0.5) is 0 Å². The van der Waals surface area contributed by atoms with Gasteiger partial charge in [-0.05, 0) is 12.8 Å². The molecule has 37 heavy (non-hydrogen) atoms. The van der Waals surface area contributed by atoms with Crippen LogP contribution in [0.1, 0.15) is 78.1 Å². The van der Waals surface area contributed by atoms with Crippen LogP contribution in [-0.2, 0) is 32.7 Å². The summed E-state index contributed by atoms with van der Waals surface area (Å²) >= 11 is 0. The summed E-state index contributed by atoms with van der Waals surface area (Å²) in [6, 6.07) is 0. The fourth-order valence-corrected chi connectivity index (χ4v) is 4.65. The van der Waals surface area contributed by atoms with Gasteiger partial charge in [-0.3, -0.25) is 18.6 Å². The summed E-state index contributed by atoms with van der Waals surface area (Å²) in [6.45, 7) is 2.82. The number of rotatable bonds is 18. The number of carbonyl (C=O) groups excluding carboxylic acids is 2. The highest BCUT2D eigenvalue weighted by molar-refractivity contribution is 7.47. The van der Waals surface area contributed by atoms with Crippen molar-refractivity contribution in [1.29, 1.82) is 0 Å². The zero-order chi connectivity index (χ0) is 28.0. The maximum Gasteiger partial charge on any atom is 0.472 e. The number of carbonyl (C=O) groups is 2. The van der Waals surface area contributed by atoms with Gasteiger partial charge in [-0.25, -0.2) is 4.57 Å². The van der Waals surface area contributed by atoms with E-state index in [9.17, 15) is 44.6 Å². The smallest absolute Gasteiger partial charge is 0.462 e. The van der Waals surface area contributed by atoms with Crippen molar-refractivity contribution in [3.63, 3.8) is 0 Å². The minimum absolute atomic E-state index is 0.0955. The van der Waals surface area contributed by atoms with E-state index in [1.54, 1.807) is 0 Å². The van der Waals surface area contributed by atoms with Crippen LogP contribution in [0.25, 0.3) is 0 Å². The van der Waals surface area contributed by atoms with Crippen LogP contribution in [0.3, 0.4) is 0 Å². The molecule has 0 aliphatic heterocycles. The molecule has 0 spiro atoms. The van der Waals surface area contributed by atoms with Gasteiger partial charge in [-0.15, -0.1) is 0 Å². The monoisotopic (exact) mass is 558 g/mol. The number of unbranched alkanes of at least 4 members (excludes halogenated alkanes) is 6. The first-order chi connectivity index (χ1) is 17.4. The lowest BCUT2D eigenvalue weighted by Gasteiger charge is -2.41. The molecule has 1 rings (SSSR count). The molecule has 0 bridgehead atoms. The van der Waals surface area contributed by atoms with Crippen LogP contribution in [0.15, 0.2) is 0 Å². The number of esters is 2. The van der Waals surface area contributed by atoms with Gasteiger partial charge < -0.3 is 39.9 Å². The number of aliphatic hydroxyl groups excluding tert-OH is 5. The SMILES string of the molecule is CCCCCCCCC(=O)OC(COC(=O)CCCC)COP(=O)(O)OC1C(O)C(O)C(O)C(O)C1O. The highest BCUT2D eigenvalue weighted by Gasteiger charge is 2.51. The third-order valence-corrected chi connectivity index (χ3v) is 6.93. The first kappa shape index (κ1) is 33.9. The molecule has 1 aliphatic rings. The molecule has 6 unspecified atom stereocenters. The third kappa shape index (κ3) is 12.5. The molecule has 0 aromatic rings. The fourth-order valence-electron chi connectivity index (χ4n) is 3.67. The van der Waals surface area contributed by atoms with Gasteiger partial charge in [0.05, 0.1) is 6.61 Å². The van der Waals surface area contributed by atoms with Crippen molar-refractivity contribution in [3.8, 4) is 0 Å². The zero-order valence-corrected chi connectivity index (χ0v) is 22.4. The van der Waals surface area contributed by atoms with Crippen molar-refractivity contribution in [2.45, 2.75) is 121 Å². The van der Waals surface area contributed by atoms with Crippen LogP contribution >= 0.6 is 7.82 Å². The van der Waals surface area contributed by atoms with Crippen molar-refractivity contribution >= 4 is 19.8 Å². The second-order valence-electron chi connectivity index (χ2n) is 9.20. The van der Waals surface area contributed by atoms with E-state index in [0.717, 1.165) is 38.5 Å². The highest BCUT2D eigenvalue weighted by atomic mass is 31.2. The lowest BCUT2D eigenvalue weighted by atomic mass is 9.85. The van der Waals surface area contributed by atoms with Crippen molar-refractivity contribution in [2.75, 3.05) is 13.2 Å². The van der Waals surface area contributed by atoms with Crippen LogP contribution < -0.4 is 0 Å². The molecule has 0 saturated heterocycles. The topological polar surface area (TPSA) is 210 Å². The standard InChI is InChI=1S/C23H43O13P/c1-3-5-7-8-9-10-12-17(25)35-15(13-33-16(24)11-6-4-2)14-34-37(31,32)36-23-21(29)19(27)18(26)20(28)22(23)30/h15,18-23,26-30H,3-14H2,1-2H3,(H,31,32). The third-order valence-electron chi connectivity index (χ3n) is 5.95. The Morgan fingerprint density at radius 3 is 1.84 bits per heavy atom. The van der Waals surface area contributed by atoms with Gasteiger partial charge in [0, 0.05) is 12.8 Å². The number of hydrogen-bond acceptors (Lipinski definition) is 12. The molecule has 0 aromatic heterocycles. The molecule has 218 valence electrons. The maximum atomic E-state index is 12.4. The maximum absolute atomic E-state index is 12.4. The highest BCUT2D eigenvalue weighted by Crippen LogP contribution is 2.47. The van der Waals surface area contributed by atoms with Gasteiger partial charge >= 0.3 is 19.8 Å². The molecule has 0 aromatic carbocycles. The molecule has 6 atom stereocenters. The number of hydrogen-bond donors (Lipinski definition) is 6. The molecular formula is C23H43O13P. The number of ether oxygens (including phenoxy) is 2. The molecule has 6 N–H and O–H groups in total. The predicted molar refractivity (Wildman–Crippen MR) is 129 cm³/mol. The van der Waals surface area contributed by atoms with Crippen molar-refractivity contribution in [3.05, 3.63) is 0 Å². The van der Waals surface area contributed by atoms with E-state index in [4.69, 9.17) is 18.5 Å². The Morgan fingerprint density at radius 1 is 0.730 bits per heavy atom. The van der Waals surface area contributed by atoms with Crippen LogP contribution in [0, 0.1) is 0 Å². The largest absolute Gasteiger partial charge is 0.472 e. The number of aliphatic hydroxyl groups is 5. The number of phosphoric ester groups is 1. The van der Waals surface area contributed by atoms with E-state index in [2.05, 4.69) is 6.92 Å². The van der Waals surface area contributed by atoms with E-state index >= 15 is 0 Å². The summed E-state index contributed by atoms with van der Waals surface area (Å²) in [5, 5.41) is 49.1. The summed E-state index contributed by atoms with van der Waals surface area (Å²) in [7, 11) is -5.06. The average Bonchev–Trinajstić information content (AvgIpc) is 2.86. The van der Waals surface area contributed by atoms with E-state index in [1.165, 1.54) is 0 Å². The van der Waals surface area contributed by atoms with Gasteiger partial charge in [0.2, 0.25) is 0 Å². The molecule has 1 saturated carbocycles. The lowest BCUT2D eigenvalue weighted by molar-refractivity contribution is -0.220. The second-order valence-corrected chi connectivity index (χ2v) is 10.6. The van der Waals surface area contributed by atoms with Gasteiger partial charge in [-0.2, -0.15) is 0 Å². The molecule has 0 radical (unpaired) electrons. The van der Waals surface area contributed by atoms with E-state index in [-0.39, 0.29) is 12.8 Å². The summed E-state index contributed by atoms with van der Waals surface area (Å²) in [5.74, 6) is -1.15. The molecule has 13 nitrogen and oxygen atoms in total. The van der Waals surface area contributed by atoms with Gasteiger partial charge in [0.25, 0.3) is 0 Å². The summed E-state index contributed by atoms with van der Waals surface area (Å²) in [5.41, 5.74) is 0. The molecule has 14 heteroatoms. The molecular weight excluding hydrogens is 515 g/mol. The van der Waals surface area contributed by atoms with E-state index in [1.807, 2.05) is 6.92 Å². The Hall–Kier alpha value is -1.15. The lowest BCUT2D eigenvalue weighted by Crippen LogP contribution is -2.64. The molecule has 0 amide bonds. The quantitative estimate of drug-likeness (QED) is 0.0778. The normalized spacial score (nSPS) is 28.3. The summed E-state index contributed by atoms with van der Waals surface area (Å²) < 4.78 is 32.4. The first-order valence-electron chi connectivity index (χ1n) is 12.8. The Labute approximate surface area is 217 Å². The minimum atomic E-state index is -5.06. The van der Waals surface area contributed by atoms with Crippen LogP contribution in [-0.4, -0.2) is 98.3 Å². The van der Waals surface area contributed by atoms with E-state index < -0.39 is 75.7 Å². The Kier molecular flexibility index (Phi) is 16.0. The Morgan fingerprint density at radius 2 is 1.24 bits per heavy atom. The zero-order valence-electron chi connectivity index (χ0n) is 21.5. The van der Waals surface area contributed by atoms with Gasteiger partial charge in [0.1, 0.15) is 43.2 Å².